The summed E-state index contributed by atoms with van der Waals surface area (Å²) in [6.45, 7) is 3.23. The molecule has 0 bridgehead atoms. The maximum atomic E-state index is 14.9. The summed E-state index contributed by atoms with van der Waals surface area (Å²) in [5, 5.41) is 0.126. The van der Waals surface area contributed by atoms with Gasteiger partial charge in [0.15, 0.2) is 5.58 Å². The van der Waals surface area contributed by atoms with E-state index in [1.165, 1.54) is 31.2 Å². The van der Waals surface area contributed by atoms with E-state index in [2.05, 4.69) is 0 Å². The molecule has 2 aromatic heterocycles. The predicted molar refractivity (Wildman–Crippen MR) is 164 cm³/mol. The van der Waals surface area contributed by atoms with Crippen LogP contribution in [0.1, 0.15) is 41.3 Å². The fourth-order valence-corrected chi connectivity index (χ4v) is 8.63. The van der Waals surface area contributed by atoms with E-state index in [0.29, 0.717) is 35.2 Å². The van der Waals surface area contributed by atoms with E-state index in [1.54, 1.807) is 29.7 Å². The van der Waals surface area contributed by atoms with Gasteiger partial charge in [-0.05, 0) is 90.2 Å². The van der Waals surface area contributed by atoms with Crippen LogP contribution in [0.25, 0.3) is 22.1 Å². The number of hydrogen-bond acceptors (Lipinski definition) is 7. The molecule has 0 amide bonds. The summed E-state index contributed by atoms with van der Waals surface area (Å²) in [6.07, 6.45) is 3.06. The first-order chi connectivity index (χ1) is 19.1. The number of sulfonamides is 2. The minimum absolute atomic E-state index is 0.0247. The fraction of sp³-hybridized carbons (Fsp3) is 0.286. The third-order valence-corrected chi connectivity index (χ3v) is 11.0. The molecule has 1 aliphatic rings. The normalized spacial score (nSPS) is 14.0. The lowest BCUT2D eigenvalue weighted by molar-refractivity contribution is 0.549. The smallest absolute Gasteiger partial charge is 0.339 e. The van der Waals surface area contributed by atoms with Crippen LogP contribution in [0.4, 0.5) is 10.1 Å². The van der Waals surface area contributed by atoms with Crippen molar-refractivity contribution in [2.75, 3.05) is 16.2 Å². The van der Waals surface area contributed by atoms with Crippen LogP contribution in [0.2, 0.25) is 0 Å². The molecule has 0 unspecified atom stereocenters. The van der Waals surface area contributed by atoms with Gasteiger partial charge in [0.2, 0.25) is 20.0 Å². The lowest BCUT2D eigenvalue weighted by atomic mass is 9.94. The van der Waals surface area contributed by atoms with Crippen LogP contribution in [0.5, 0.6) is 0 Å². The largest absolute Gasteiger partial charge is 0.422 e. The van der Waals surface area contributed by atoms with Gasteiger partial charge in [-0.1, -0.05) is 18.2 Å². The van der Waals surface area contributed by atoms with Crippen molar-refractivity contribution in [3.63, 3.8) is 0 Å². The van der Waals surface area contributed by atoms with Gasteiger partial charge in [-0.25, -0.2) is 26.0 Å². The minimum atomic E-state index is -4.23. The highest BCUT2D eigenvalue weighted by Gasteiger charge is 2.32. The predicted octanol–water partition coefficient (Wildman–Crippen LogP) is 4.63. The highest BCUT2D eigenvalue weighted by Crippen LogP contribution is 2.40. The molecule has 0 N–H and O–H groups in total. The molecule has 0 spiro atoms. The maximum absolute atomic E-state index is 14.9. The second-order valence-electron chi connectivity index (χ2n) is 10.2. The molecule has 13 heteroatoms. The number of nitrogens with zero attached hydrogens (tertiary/aromatic N) is 2. The van der Waals surface area contributed by atoms with E-state index in [1.807, 2.05) is 22.6 Å². The van der Waals surface area contributed by atoms with Gasteiger partial charge in [-0.3, -0.25) is 4.79 Å². The molecule has 2 aromatic carbocycles. The van der Waals surface area contributed by atoms with Crippen molar-refractivity contribution in [2.45, 2.75) is 39.2 Å². The van der Waals surface area contributed by atoms with E-state index >= 15 is 0 Å². The van der Waals surface area contributed by atoms with Crippen molar-refractivity contribution in [3.8, 4) is 11.1 Å². The summed E-state index contributed by atoms with van der Waals surface area (Å²) < 4.78 is 73.2. The summed E-state index contributed by atoms with van der Waals surface area (Å²) >= 11 is 2.00. The van der Waals surface area contributed by atoms with Gasteiger partial charge >= 0.3 is 5.63 Å². The first kappa shape index (κ1) is 29.5. The second kappa shape index (κ2) is 10.3. The third-order valence-electron chi connectivity index (χ3n) is 7.11. The standard InChI is InChI=1S/C28H26FIN2O7S2/c1-15-22(13-17-8-9-19(30)14-23(17)29)25-26(39-28(15)34)24(16(2)31(27(25)33)20-10-11-20)18-6-5-7-21(12-18)32(40(3,35)36)41(4,37)38/h5-9,12,14,20H,10-11,13H2,1-4H3. The molecule has 2 heterocycles. The zero-order chi connectivity index (χ0) is 30.0. The van der Waals surface area contributed by atoms with Crippen molar-refractivity contribution in [1.29, 1.82) is 0 Å². The van der Waals surface area contributed by atoms with E-state index in [-0.39, 0.29) is 40.2 Å². The number of anilines is 1. The summed E-state index contributed by atoms with van der Waals surface area (Å²) in [4.78, 5) is 27.1. The Hall–Kier alpha value is -3.04. The SMILES string of the molecule is Cc1c(Cc2ccc(I)cc2F)c2c(=O)n(C3CC3)c(C)c(-c3cccc(N(S(C)(=O)=O)S(C)(=O)=O)c3)c2oc1=O. The van der Waals surface area contributed by atoms with Crippen LogP contribution < -0.4 is 14.9 Å². The quantitative estimate of drug-likeness (QED) is 0.256. The molecule has 4 aromatic rings. The van der Waals surface area contributed by atoms with Gasteiger partial charge in [-0.15, -0.1) is 0 Å². The van der Waals surface area contributed by atoms with Crippen LogP contribution in [-0.4, -0.2) is 33.9 Å². The lowest BCUT2D eigenvalue weighted by Gasteiger charge is -2.22. The molecule has 0 atom stereocenters. The van der Waals surface area contributed by atoms with Crippen LogP contribution >= 0.6 is 22.6 Å². The molecule has 0 aliphatic heterocycles. The Labute approximate surface area is 249 Å². The maximum Gasteiger partial charge on any atom is 0.339 e. The zero-order valence-electron chi connectivity index (χ0n) is 22.6. The Balaban J connectivity index is 1.87. The molecule has 1 fully saturated rings. The second-order valence-corrected chi connectivity index (χ2v) is 15.4. The Morgan fingerprint density at radius 2 is 1.68 bits per heavy atom. The third kappa shape index (κ3) is 5.46. The lowest BCUT2D eigenvalue weighted by Crippen LogP contribution is -2.35. The van der Waals surface area contributed by atoms with E-state index in [0.717, 1.165) is 25.4 Å². The topological polar surface area (TPSA) is 124 Å². The van der Waals surface area contributed by atoms with E-state index in [4.69, 9.17) is 4.42 Å². The summed E-state index contributed by atoms with van der Waals surface area (Å²) in [7, 11) is -8.45. The monoisotopic (exact) mass is 712 g/mol. The molecule has 0 saturated heterocycles. The number of halogens is 2. The summed E-state index contributed by atoms with van der Waals surface area (Å²) in [5.74, 6) is -0.470. The Morgan fingerprint density at radius 3 is 2.27 bits per heavy atom. The zero-order valence-corrected chi connectivity index (χ0v) is 26.4. The Morgan fingerprint density at radius 1 is 1.02 bits per heavy atom. The molecule has 216 valence electrons. The highest BCUT2D eigenvalue weighted by molar-refractivity contribution is 14.1. The van der Waals surface area contributed by atoms with Crippen molar-refractivity contribution in [3.05, 3.63) is 95.0 Å². The Kier molecular flexibility index (Phi) is 7.43. The van der Waals surface area contributed by atoms with Crippen molar-refractivity contribution < 1.29 is 25.6 Å². The van der Waals surface area contributed by atoms with Gasteiger partial charge < -0.3 is 8.98 Å². The molecule has 9 nitrogen and oxygen atoms in total. The Bertz CT molecular complexity index is 2050. The molecular formula is C28H26FIN2O7S2. The van der Waals surface area contributed by atoms with Crippen LogP contribution in [0, 0.1) is 23.2 Å². The summed E-state index contributed by atoms with van der Waals surface area (Å²) in [5.41, 5.74) is 0.745. The molecule has 0 radical (unpaired) electrons. The van der Waals surface area contributed by atoms with E-state index < -0.39 is 31.5 Å². The molecule has 41 heavy (non-hydrogen) atoms. The van der Waals surface area contributed by atoms with Gasteiger partial charge in [0.1, 0.15) is 5.82 Å². The minimum Gasteiger partial charge on any atom is -0.422 e. The molecular weight excluding hydrogens is 686 g/mol. The van der Waals surface area contributed by atoms with Crippen LogP contribution in [0.3, 0.4) is 0 Å². The van der Waals surface area contributed by atoms with Crippen molar-refractivity contribution >= 4 is 59.3 Å². The molecule has 1 aliphatic carbocycles. The number of fused-ring (bicyclic) bond motifs is 1. The van der Waals surface area contributed by atoms with Gasteiger partial charge in [0.25, 0.3) is 5.56 Å². The van der Waals surface area contributed by atoms with Crippen molar-refractivity contribution in [2.24, 2.45) is 0 Å². The van der Waals surface area contributed by atoms with Gasteiger partial charge in [0.05, 0.1) is 23.6 Å². The first-order valence-electron chi connectivity index (χ1n) is 12.6. The average molecular weight is 713 g/mol. The molecule has 1 saturated carbocycles. The van der Waals surface area contributed by atoms with Gasteiger partial charge in [0, 0.05) is 32.9 Å². The highest BCUT2D eigenvalue weighted by atomic mass is 127. The van der Waals surface area contributed by atoms with Crippen LogP contribution in [0.15, 0.2) is 56.5 Å². The number of rotatable bonds is 7. The first-order valence-corrected chi connectivity index (χ1v) is 17.3. The molecule has 5 rings (SSSR count). The number of hydrogen-bond donors (Lipinski definition) is 0. The van der Waals surface area contributed by atoms with Gasteiger partial charge in [-0.2, -0.15) is 3.71 Å². The van der Waals surface area contributed by atoms with Crippen LogP contribution in [-0.2, 0) is 26.5 Å². The van der Waals surface area contributed by atoms with E-state index in [9.17, 15) is 30.8 Å². The number of aromatic nitrogens is 1. The van der Waals surface area contributed by atoms with Crippen molar-refractivity contribution in [1.82, 2.24) is 4.57 Å². The fourth-order valence-electron chi connectivity index (χ4n) is 5.22. The summed E-state index contributed by atoms with van der Waals surface area (Å²) in [6, 6.07) is 10.4. The number of benzene rings is 2. The average Bonchev–Trinajstić information content (AvgIpc) is 3.67. The number of pyridine rings is 1.